The third-order valence-electron chi connectivity index (χ3n) is 4.89. The Morgan fingerprint density at radius 1 is 1.00 bits per heavy atom. The molecule has 0 spiro atoms. The zero-order valence-electron chi connectivity index (χ0n) is 17.0. The van der Waals surface area contributed by atoms with E-state index in [1.165, 1.54) is 0 Å². The number of hydrogen-bond acceptors (Lipinski definition) is 3. The smallest absolute Gasteiger partial charge is 0.335 e. The molecule has 0 aliphatic rings. The van der Waals surface area contributed by atoms with Crippen molar-refractivity contribution in [1.82, 2.24) is 9.55 Å². The van der Waals surface area contributed by atoms with Crippen molar-refractivity contribution in [2.24, 2.45) is 0 Å². The summed E-state index contributed by atoms with van der Waals surface area (Å²) in [5.41, 5.74) is 4.05. The molecule has 1 aromatic heterocycles. The van der Waals surface area contributed by atoms with Crippen LogP contribution in [0.15, 0.2) is 83.5 Å². The molecule has 0 aliphatic carbocycles. The van der Waals surface area contributed by atoms with Crippen LogP contribution in [0.5, 0.6) is 0 Å². The monoisotopic (exact) mass is 510 g/mol. The highest BCUT2D eigenvalue weighted by Crippen LogP contribution is 2.23. The van der Waals surface area contributed by atoms with Crippen molar-refractivity contribution >= 4 is 33.5 Å². The number of benzene rings is 3. The van der Waals surface area contributed by atoms with Crippen LogP contribution in [0.4, 0.5) is 0 Å². The minimum absolute atomic E-state index is 0.266. The van der Waals surface area contributed by atoms with E-state index in [2.05, 4.69) is 20.5 Å². The van der Waals surface area contributed by atoms with E-state index in [1.807, 2.05) is 66.9 Å². The van der Waals surface area contributed by atoms with Crippen molar-refractivity contribution in [3.8, 4) is 11.4 Å². The summed E-state index contributed by atoms with van der Waals surface area (Å²) in [6.07, 6.45) is 1.97. The van der Waals surface area contributed by atoms with E-state index in [0.717, 1.165) is 32.7 Å². The van der Waals surface area contributed by atoms with Crippen LogP contribution in [0, 0.1) is 0 Å². The Balaban J connectivity index is 1.55. The van der Waals surface area contributed by atoms with Crippen molar-refractivity contribution < 1.29 is 14.6 Å². The second-order valence-electron chi connectivity index (χ2n) is 7.32. The van der Waals surface area contributed by atoms with Gasteiger partial charge in [0, 0.05) is 27.8 Å². The predicted molar refractivity (Wildman–Crippen MR) is 128 cm³/mol. The molecule has 5 nitrogen and oxygen atoms in total. The maximum absolute atomic E-state index is 11.1. The van der Waals surface area contributed by atoms with Crippen molar-refractivity contribution in [2.75, 3.05) is 0 Å². The minimum Gasteiger partial charge on any atom is -0.478 e. The summed E-state index contributed by atoms with van der Waals surface area (Å²) in [5, 5.41) is 9.81. The highest BCUT2D eigenvalue weighted by molar-refractivity contribution is 9.10. The molecule has 162 valence electrons. The van der Waals surface area contributed by atoms with Crippen LogP contribution in [0.2, 0.25) is 5.02 Å². The summed E-state index contributed by atoms with van der Waals surface area (Å²) in [6, 6.07) is 22.4. The molecule has 0 saturated carbocycles. The average Bonchev–Trinajstić information content (AvgIpc) is 3.17. The Hall–Kier alpha value is -2.93. The Morgan fingerprint density at radius 3 is 2.44 bits per heavy atom. The van der Waals surface area contributed by atoms with Gasteiger partial charge < -0.3 is 14.4 Å². The second kappa shape index (κ2) is 10.1. The highest BCUT2D eigenvalue weighted by atomic mass is 79.9. The maximum atomic E-state index is 11.1. The van der Waals surface area contributed by atoms with E-state index in [4.69, 9.17) is 26.4 Å². The van der Waals surface area contributed by atoms with Crippen LogP contribution in [-0.4, -0.2) is 20.6 Å². The van der Waals surface area contributed by atoms with Gasteiger partial charge in [0.1, 0.15) is 5.82 Å². The largest absolute Gasteiger partial charge is 0.478 e. The molecule has 0 aliphatic heterocycles. The Bertz CT molecular complexity index is 1220. The SMILES string of the molecule is O=C(O)c1ccc(Cn2cc(COCc3cccc(Cl)c3)nc2-c2ccc(Br)cc2)cc1. The summed E-state index contributed by atoms with van der Waals surface area (Å²) < 4.78 is 8.92. The summed E-state index contributed by atoms with van der Waals surface area (Å²) in [7, 11) is 0. The lowest BCUT2D eigenvalue weighted by Gasteiger charge is -2.08. The Kier molecular flexibility index (Phi) is 7.05. The number of nitrogens with zero attached hydrogens (tertiary/aromatic N) is 2. The first-order chi connectivity index (χ1) is 15.5. The molecule has 0 amide bonds. The molecular formula is C25H20BrClN2O3. The van der Waals surface area contributed by atoms with Gasteiger partial charge in [-0.2, -0.15) is 0 Å². The lowest BCUT2D eigenvalue weighted by atomic mass is 10.1. The van der Waals surface area contributed by atoms with Crippen LogP contribution in [0.25, 0.3) is 11.4 Å². The van der Waals surface area contributed by atoms with Gasteiger partial charge in [0.2, 0.25) is 0 Å². The van der Waals surface area contributed by atoms with E-state index in [1.54, 1.807) is 12.1 Å². The van der Waals surface area contributed by atoms with Gasteiger partial charge in [0.05, 0.1) is 24.5 Å². The summed E-state index contributed by atoms with van der Waals surface area (Å²) in [6.45, 7) is 1.37. The number of aromatic carboxylic acids is 1. The molecule has 3 aromatic carbocycles. The first kappa shape index (κ1) is 22.3. The molecule has 0 unspecified atom stereocenters. The van der Waals surface area contributed by atoms with Crippen LogP contribution in [0.3, 0.4) is 0 Å². The number of aromatic nitrogens is 2. The van der Waals surface area contributed by atoms with Gasteiger partial charge in [-0.3, -0.25) is 0 Å². The van der Waals surface area contributed by atoms with E-state index in [0.29, 0.717) is 24.8 Å². The second-order valence-corrected chi connectivity index (χ2v) is 8.67. The normalized spacial score (nSPS) is 10.9. The molecule has 0 bridgehead atoms. The summed E-state index contributed by atoms with van der Waals surface area (Å²) in [5.74, 6) is -0.116. The van der Waals surface area contributed by atoms with E-state index < -0.39 is 5.97 Å². The standard InChI is InChI=1S/C25H20BrClN2O3/c26-21-10-8-19(9-11-21)24-28-23(16-32-15-18-2-1-3-22(27)12-18)14-29(24)13-17-4-6-20(7-5-17)25(30)31/h1-12,14H,13,15-16H2,(H,30,31). The first-order valence-corrected chi connectivity index (χ1v) is 11.1. The minimum atomic E-state index is -0.936. The molecule has 7 heteroatoms. The van der Waals surface area contributed by atoms with Gasteiger partial charge in [0.25, 0.3) is 0 Å². The molecule has 4 aromatic rings. The van der Waals surface area contributed by atoms with E-state index >= 15 is 0 Å². The fraction of sp³-hybridized carbons (Fsp3) is 0.120. The summed E-state index contributed by atoms with van der Waals surface area (Å²) >= 11 is 9.51. The fourth-order valence-corrected chi connectivity index (χ4v) is 3.82. The van der Waals surface area contributed by atoms with Crippen LogP contribution < -0.4 is 0 Å². The molecule has 1 N–H and O–H groups in total. The van der Waals surface area contributed by atoms with Gasteiger partial charge >= 0.3 is 5.97 Å². The quantitative estimate of drug-likeness (QED) is 0.296. The molecule has 0 fully saturated rings. The van der Waals surface area contributed by atoms with Crippen molar-refractivity contribution in [2.45, 2.75) is 19.8 Å². The molecular weight excluding hydrogens is 492 g/mol. The van der Waals surface area contributed by atoms with Crippen LogP contribution >= 0.6 is 27.5 Å². The van der Waals surface area contributed by atoms with E-state index in [9.17, 15) is 4.79 Å². The van der Waals surface area contributed by atoms with Crippen molar-refractivity contribution in [1.29, 1.82) is 0 Å². The van der Waals surface area contributed by atoms with E-state index in [-0.39, 0.29) is 5.56 Å². The number of imidazole rings is 1. The number of hydrogen-bond donors (Lipinski definition) is 1. The Labute approximate surface area is 199 Å². The van der Waals surface area contributed by atoms with Gasteiger partial charge in [-0.15, -0.1) is 0 Å². The number of rotatable bonds is 8. The number of carboxylic acid groups (broad SMARTS) is 1. The number of ether oxygens (including phenoxy) is 1. The number of carbonyl (C=O) groups is 1. The van der Waals surface area contributed by atoms with Gasteiger partial charge in [0.15, 0.2) is 0 Å². The lowest BCUT2D eigenvalue weighted by Crippen LogP contribution is -2.02. The van der Waals surface area contributed by atoms with Crippen molar-refractivity contribution in [3.63, 3.8) is 0 Å². The van der Waals surface area contributed by atoms with Crippen LogP contribution in [-0.2, 0) is 24.5 Å². The maximum Gasteiger partial charge on any atom is 0.335 e. The molecule has 32 heavy (non-hydrogen) atoms. The third-order valence-corrected chi connectivity index (χ3v) is 5.65. The molecule has 4 rings (SSSR count). The number of carboxylic acids is 1. The van der Waals surface area contributed by atoms with Crippen LogP contribution in [0.1, 0.15) is 27.2 Å². The fourth-order valence-electron chi connectivity index (χ4n) is 3.34. The number of halogens is 2. The first-order valence-electron chi connectivity index (χ1n) is 9.94. The zero-order valence-corrected chi connectivity index (χ0v) is 19.4. The molecule has 0 radical (unpaired) electrons. The Morgan fingerprint density at radius 2 is 1.75 bits per heavy atom. The van der Waals surface area contributed by atoms with Gasteiger partial charge in [-0.1, -0.05) is 63.9 Å². The summed E-state index contributed by atoms with van der Waals surface area (Å²) in [4.78, 5) is 15.9. The molecule has 1 heterocycles. The topological polar surface area (TPSA) is 64.3 Å². The third kappa shape index (κ3) is 5.65. The van der Waals surface area contributed by atoms with Gasteiger partial charge in [-0.05, 0) is 47.5 Å². The van der Waals surface area contributed by atoms with Crippen molar-refractivity contribution in [3.05, 3.63) is 111 Å². The highest BCUT2D eigenvalue weighted by Gasteiger charge is 2.12. The predicted octanol–water partition coefficient (Wildman–Crippen LogP) is 6.43. The molecule has 0 atom stereocenters. The average molecular weight is 512 g/mol. The lowest BCUT2D eigenvalue weighted by molar-refractivity contribution is 0.0697. The molecule has 0 saturated heterocycles. The zero-order chi connectivity index (χ0) is 22.5. The van der Waals surface area contributed by atoms with Gasteiger partial charge in [-0.25, -0.2) is 9.78 Å².